The fourth-order valence-electron chi connectivity index (χ4n) is 0.454. The Morgan fingerprint density at radius 3 is 2.58 bits per heavy atom. The van der Waals surface area contributed by atoms with Crippen LogP contribution in [0.25, 0.3) is 0 Å². The van der Waals surface area contributed by atoms with Crippen molar-refractivity contribution < 1.29 is 13.6 Å². The number of alkyl halides is 2. The monoisotopic (exact) mass is 176 g/mol. The number of carbonyl (C=O) groups excluding carboxylic acids is 1. The highest BCUT2D eigenvalue weighted by Crippen LogP contribution is 2.09. The Labute approximate surface area is 69.4 Å². The van der Waals surface area contributed by atoms with Crippen molar-refractivity contribution in [2.75, 3.05) is 6.54 Å². The average molecular weight is 176 g/mol. The highest BCUT2D eigenvalue weighted by Gasteiger charge is 2.23. The summed E-state index contributed by atoms with van der Waals surface area (Å²) in [7, 11) is 0. The van der Waals surface area contributed by atoms with E-state index in [1.165, 1.54) is 6.92 Å². The molecule has 0 spiro atoms. The molecular weight excluding hydrogens is 166 g/mol. The van der Waals surface area contributed by atoms with Crippen LogP contribution in [0.2, 0.25) is 0 Å². The van der Waals surface area contributed by atoms with Gasteiger partial charge in [-0.2, -0.15) is 5.26 Å². The average Bonchev–Trinajstić information content (AvgIpc) is 1.97. The lowest BCUT2D eigenvalue weighted by Gasteiger charge is -2.11. The first-order valence-electron chi connectivity index (χ1n) is 3.42. The standard InChI is InChI=1S/C7H10F2N2O/c1-5(3-10)6(12)11-4-7(2,8)9/h5H,4H2,1-2H3,(H,11,12). The normalized spacial score (nSPS) is 13.2. The summed E-state index contributed by atoms with van der Waals surface area (Å²) in [6.07, 6.45) is 0. The van der Waals surface area contributed by atoms with Crippen LogP contribution in [0, 0.1) is 17.2 Å². The number of nitrogens with zero attached hydrogens (tertiary/aromatic N) is 1. The Bertz CT molecular complexity index is 204. The van der Waals surface area contributed by atoms with Crippen LogP contribution in [0.3, 0.4) is 0 Å². The van der Waals surface area contributed by atoms with E-state index < -0.39 is 24.3 Å². The summed E-state index contributed by atoms with van der Waals surface area (Å²) in [6.45, 7) is 1.32. The predicted molar refractivity (Wildman–Crippen MR) is 38.4 cm³/mol. The number of halogens is 2. The van der Waals surface area contributed by atoms with E-state index in [1.54, 1.807) is 6.07 Å². The number of hydrogen-bond donors (Lipinski definition) is 1. The molecule has 0 aromatic heterocycles. The van der Waals surface area contributed by atoms with Crippen molar-refractivity contribution in [3.63, 3.8) is 0 Å². The van der Waals surface area contributed by atoms with Gasteiger partial charge in [0.2, 0.25) is 5.91 Å². The molecule has 0 saturated carbocycles. The van der Waals surface area contributed by atoms with E-state index in [4.69, 9.17) is 5.26 Å². The van der Waals surface area contributed by atoms with Crippen LogP contribution in [0.1, 0.15) is 13.8 Å². The molecule has 0 heterocycles. The van der Waals surface area contributed by atoms with Gasteiger partial charge in [-0.25, -0.2) is 8.78 Å². The minimum atomic E-state index is -2.93. The van der Waals surface area contributed by atoms with Crippen molar-refractivity contribution in [2.45, 2.75) is 19.8 Å². The smallest absolute Gasteiger partial charge is 0.262 e. The molecule has 0 fully saturated rings. The number of nitriles is 1. The maximum atomic E-state index is 12.2. The second kappa shape index (κ2) is 4.00. The highest BCUT2D eigenvalue weighted by molar-refractivity contribution is 5.80. The number of nitrogens with one attached hydrogen (secondary N) is 1. The number of rotatable bonds is 3. The molecule has 0 aromatic carbocycles. The summed E-state index contributed by atoms with van der Waals surface area (Å²) in [5, 5.41) is 10.2. The van der Waals surface area contributed by atoms with E-state index in [0.717, 1.165) is 0 Å². The quantitative estimate of drug-likeness (QED) is 0.695. The second-order valence-corrected chi connectivity index (χ2v) is 2.64. The third-order valence-electron chi connectivity index (χ3n) is 1.16. The minimum Gasteiger partial charge on any atom is -0.349 e. The van der Waals surface area contributed by atoms with Gasteiger partial charge in [-0.15, -0.1) is 0 Å². The van der Waals surface area contributed by atoms with Gasteiger partial charge in [0.1, 0.15) is 5.92 Å². The van der Waals surface area contributed by atoms with Gasteiger partial charge in [-0.1, -0.05) is 0 Å². The molecule has 0 rings (SSSR count). The molecule has 1 N–H and O–H groups in total. The van der Waals surface area contributed by atoms with Crippen LogP contribution in [-0.4, -0.2) is 18.4 Å². The van der Waals surface area contributed by atoms with Gasteiger partial charge in [-0.3, -0.25) is 4.79 Å². The fraction of sp³-hybridized carbons (Fsp3) is 0.714. The fourth-order valence-corrected chi connectivity index (χ4v) is 0.454. The summed E-state index contributed by atoms with van der Waals surface area (Å²) in [4.78, 5) is 10.8. The molecule has 1 amide bonds. The van der Waals surface area contributed by atoms with Crippen LogP contribution < -0.4 is 5.32 Å². The number of carbonyl (C=O) groups is 1. The van der Waals surface area contributed by atoms with E-state index in [0.29, 0.717) is 6.92 Å². The van der Waals surface area contributed by atoms with Crippen LogP contribution in [0.5, 0.6) is 0 Å². The van der Waals surface area contributed by atoms with Crippen molar-refractivity contribution in [1.29, 1.82) is 5.26 Å². The van der Waals surface area contributed by atoms with Gasteiger partial charge in [0, 0.05) is 6.92 Å². The largest absolute Gasteiger partial charge is 0.349 e. The molecular formula is C7H10F2N2O. The molecule has 0 aliphatic carbocycles. The van der Waals surface area contributed by atoms with Gasteiger partial charge in [0.05, 0.1) is 12.6 Å². The number of hydrogen-bond acceptors (Lipinski definition) is 2. The Morgan fingerprint density at radius 1 is 1.75 bits per heavy atom. The SMILES string of the molecule is CC(C#N)C(=O)NCC(C)(F)F. The van der Waals surface area contributed by atoms with Crippen molar-refractivity contribution >= 4 is 5.91 Å². The van der Waals surface area contributed by atoms with Crippen molar-refractivity contribution in [3.8, 4) is 6.07 Å². The summed E-state index contributed by atoms with van der Waals surface area (Å²) in [5.41, 5.74) is 0. The first-order chi connectivity index (χ1) is 5.37. The highest BCUT2D eigenvalue weighted by atomic mass is 19.3. The minimum absolute atomic E-state index is 0.668. The van der Waals surface area contributed by atoms with Gasteiger partial charge in [-0.05, 0) is 6.92 Å². The maximum Gasteiger partial charge on any atom is 0.262 e. The van der Waals surface area contributed by atoms with E-state index in [1.807, 2.05) is 5.32 Å². The Kier molecular flexibility index (Phi) is 3.61. The zero-order valence-corrected chi connectivity index (χ0v) is 6.90. The van der Waals surface area contributed by atoms with E-state index in [2.05, 4.69) is 0 Å². The molecule has 5 heteroatoms. The van der Waals surface area contributed by atoms with Gasteiger partial charge in [0.15, 0.2) is 0 Å². The van der Waals surface area contributed by atoms with Crippen LogP contribution in [-0.2, 0) is 4.79 Å². The van der Waals surface area contributed by atoms with Crippen molar-refractivity contribution in [2.24, 2.45) is 5.92 Å². The van der Waals surface area contributed by atoms with Crippen molar-refractivity contribution in [3.05, 3.63) is 0 Å². The lowest BCUT2D eigenvalue weighted by atomic mass is 10.2. The van der Waals surface area contributed by atoms with E-state index >= 15 is 0 Å². The zero-order valence-electron chi connectivity index (χ0n) is 6.90. The topological polar surface area (TPSA) is 52.9 Å². The maximum absolute atomic E-state index is 12.2. The molecule has 0 radical (unpaired) electrons. The lowest BCUT2D eigenvalue weighted by Crippen LogP contribution is -2.37. The second-order valence-electron chi connectivity index (χ2n) is 2.64. The van der Waals surface area contributed by atoms with Gasteiger partial charge >= 0.3 is 0 Å². The van der Waals surface area contributed by atoms with Gasteiger partial charge < -0.3 is 5.32 Å². The molecule has 1 atom stereocenters. The molecule has 3 nitrogen and oxygen atoms in total. The summed E-state index contributed by atoms with van der Waals surface area (Å²) in [6, 6.07) is 1.64. The molecule has 68 valence electrons. The first-order valence-corrected chi connectivity index (χ1v) is 3.42. The zero-order chi connectivity index (χ0) is 9.78. The number of amides is 1. The Morgan fingerprint density at radius 2 is 2.25 bits per heavy atom. The summed E-state index contributed by atoms with van der Waals surface area (Å²) in [5.74, 6) is -4.48. The molecule has 0 aromatic rings. The summed E-state index contributed by atoms with van der Waals surface area (Å²) < 4.78 is 24.3. The van der Waals surface area contributed by atoms with Crippen LogP contribution in [0.15, 0.2) is 0 Å². The van der Waals surface area contributed by atoms with Crippen LogP contribution >= 0.6 is 0 Å². The van der Waals surface area contributed by atoms with E-state index in [9.17, 15) is 13.6 Å². The molecule has 0 aliphatic heterocycles. The first kappa shape index (κ1) is 10.8. The Hall–Kier alpha value is -1.18. The molecule has 0 aliphatic rings. The molecule has 1 unspecified atom stereocenters. The molecule has 12 heavy (non-hydrogen) atoms. The third kappa shape index (κ3) is 4.61. The van der Waals surface area contributed by atoms with E-state index in [-0.39, 0.29) is 0 Å². The molecule has 0 bridgehead atoms. The molecule has 0 saturated heterocycles. The Balaban J connectivity index is 3.82. The van der Waals surface area contributed by atoms with Crippen LogP contribution in [0.4, 0.5) is 8.78 Å². The lowest BCUT2D eigenvalue weighted by molar-refractivity contribution is -0.124. The third-order valence-corrected chi connectivity index (χ3v) is 1.16. The summed E-state index contributed by atoms with van der Waals surface area (Å²) >= 11 is 0. The van der Waals surface area contributed by atoms with Crippen molar-refractivity contribution in [1.82, 2.24) is 5.32 Å². The van der Waals surface area contributed by atoms with Gasteiger partial charge in [0.25, 0.3) is 5.92 Å². The predicted octanol–water partition coefficient (Wildman–Crippen LogP) is 0.917.